The number of aromatic nitrogens is 2. The highest BCUT2D eigenvalue weighted by molar-refractivity contribution is 6.31. The summed E-state index contributed by atoms with van der Waals surface area (Å²) in [5, 5.41) is 5.92. The van der Waals surface area contributed by atoms with Crippen LogP contribution in [0.4, 0.5) is 5.69 Å². The van der Waals surface area contributed by atoms with Gasteiger partial charge in [0.1, 0.15) is 0 Å². The zero-order valence-electron chi connectivity index (χ0n) is 18.3. The quantitative estimate of drug-likeness (QED) is 0.453. The number of benzene rings is 2. The summed E-state index contributed by atoms with van der Waals surface area (Å²) in [7, 11) is 1.53. The Morgan fingerprint density at radius 1 is 1.00 bits per heavy atom. The smallest absolute Gasteiger partial charge is 0.276 e. The normalized spacial score (nSPS) is 10.9. The highest BCUT2D eigenvalue weighted by Gasteiger charge is 2.23. The van der Waals surface area contributed by atoms with Crippen LogP contribution in [0.2, 0.25) is 5.02 Å². The fraction of sp³-hybridized carbons (Fsp3) is 0.160. The van der Waals surface area contributed by atoms with Crippen LogP contribution in [0.1, 0.15) is 37.5 Å². The summed E-state index contributed by atoms with van der Waals surface area (Å²) in [6.07, 6.45) is 3.58. The van der Waals surface area contributed by atoms with E-state index in [1.807, 2.05) is 54.8 Å². The van der Waals surface area contributed by atoms with Gasteiger partial charge in [-0.15, -0.1) is 0 Å². The summed E-state index contributed by atoms with van der Waals surface area (Å²) in [6, 6.07) is 13.1. The van der Waals surface area contributed by atoms with Gasteiger partial charge in [-0.1, -0.05) is 29.8 Å². The number of amides is 2. The minimum absolute atomic E-state index is 0.264. The van der Waals surface area contributed by atoms with Crippen molar-refractivity contribution in [2.75, 3.05) is 12.4 Å². The number of anilines is 1. The van der Waals surface area contributed by atoms with Gasteiger partial charge in [-0.2, -0.15) is 0 Å². The van der Waals surface area contributed by atoms with Crippen LogP contribution in [-0.4, -0.2) is 28.2 Å². The molecule has 0 spiro atoms. The topological polar surface area (TPSA) is 75.5 Å². The van der Waals surface area contributed by atoms with E-state index in [-0.39, 0.29) is 11.6 Å². The maximum atomic E-state index is 13.5. The Kier molecular flexibility index (Phi) is 5.72. The molecule has 0 fully saturated rings. The fourth-order valence-electron chi connectivity index (χ4n) is 3.84. The van der Waals surface area contributed by atoms with Crippen LogP contribution in [0, 0.1) is 20.8 Å². The second-order valence-electron chi connectivity index (χ2n) is 7.68. The summed E-state index contributed by atoms with van der Waals surface area (Å²) in [6.45, 7) is 5.86. The van der Waals surface area contributed by atoms with Crippen LogP contribution >= 0.6 is 11.6 Å². The van der Waals surface area contributed by atoms with Gasteiger partial charge in [0, 0.05) is 23.8 Å². The summed E-state index contributed by atoms with van der Waals surface area (Å²) in [5.74, 6) is -0.749. The first-order valence-corrected chi connectivity index (χ1v) is 10.6. The lowest BCUT2D eigenvalue weighted by Crippen LogP contribution is -2.23. The van der Waals surface area contributed by atoms with Gasteiger partial charge >= 0.3 is 0 Å². The summed E-state index contributed by atoms with van der Waals surface area (Å²) < 4.78 is 1.96. The number of nitrogens with one attached hydrogen (secondary N) is 2. The van der Waals surface area contributed by atoms with Crippen molar-refractivity contribution in [2.45, 2.75) is 20.8 Å². The average Bonchev–Trinajstić information content (AvgIpc) is 3.25. The molecule has 0 unspecified atom stereocenters. The van der Waals surface area contributed by atoms with E-state index in [0.717, 1.165) is 22.2 Å². The molecule has 7 heteroatoms. The molecule has 0 aliphatic heterocycles. The lowest BCUT2D eigenvalue weighted by molar-refractivity contribution is 0.0964. The lowest BCUT2D eigenvalue weighted by atomic mass is 9.99. The Hall–Kier alpha value is -3.64. The van der Waals surface area contributed by atoms with E-state index >= 15 is 0 Å². The Labute approximate surface area is 191 Å². The Morgan fingerprint density at radius 2 is 1.78 bits per heavy atom. The zero-order chi connectivity index (χ0) is 23.0. The van der Waals surface area contributed by atoms with Crippen molar-refractivity contribution in [1.29, 1.82) is 0 Å². The van der Waals surface area contributed by atoms with Crippen molar-refractivity contribution in [3.63, 3.8) is 0 Å². The summed E-state index contributed by atoms with van der Waals surface area (Å²) >= 11 is 6.16. The third-order valence-corrected chi connectivity index (χ3v) is 5.87. The number of halogens is 1. The maximum absolute atomic E-state index is 13.5. The van der Waals surface area contributed by atoms with Gasteiger partial charge in [0.05, 0.1) is 28.7 Å². The number of nitrogens with zero attached hydrogens (tertiary/aromatic N) is 2. The molecule has 0 radical (unpaired) electrons. The number of rotatable bonds is 4. The third kappa shape index (κ3) is 3.74. The van der Waals surface area contributed by atoms with E-state index in [1.54, 1.807) is 19.2 Å². The maximum Gasteiger partial charge on any atom is 0.276 e. The van der Waals surface area contributed by atoms with Gasteiger partial charge in [-0.3, -0.25) is 9.59 Å². The zero-order valence-corrected chi connectivity index (χ0v) is 19.0. The monoisotopic (exact) mass is 446 g/mol. The second-order valence-corrected chi connectivity index (χ2v) is 8.12. The van der Waals surface area contributed by atoms with Crippen molar-refractivity contribution < 1.29 is 9.59 Å². The molecule has 2 N–H and O–H groups in total. The number of aryl methyl sites for hydroxylation is 2. The van der Waals surface area contributed by atoms with E-state index in [0.29, 0.717) is 27.5 Å². The molecule has 4 aromatic rings. The highest BCUT2D eigenvalue weighted by atomic mass is 35.5. The summed E-state index contributed by atoms with van der Waals surface area (Å²) in [4.78, 5) is 30.4. The minimum atomic E-state index is -0.410. The Balaban J connectivity index is 1.88. The molecule has 4 rings (SSSR count). The van der Waals surface area contributed by atoms with Gasteiger partial charge in [0.2, 0.25) is 0 Å². The SMILES string of the molecule is CNC(=O)c1cc(Cl)cc(C)c1NC(=O)c1ncc2cccn2c1-c1cccc(C)c1C. The lowest BCUT2D eigenvalue weighted by Gasteiger charge is -2.17. The molecular weight excluding hydrogens is 424 g/mol. The molecule has 0 aliphatic rings. The molecule has 0 saturated heterocycles. The van der Waals surface area contributed by atoms with Gasteiger partial charge < -0.3 is 15.0 Å². The van der Waals surface area contributed by atoms with E-state index in [2.05, 4.69) is 15.6 Å². The van der Waals surface area contributed by atoms with Gasteiger partial charge in [0.25, 0.3) is 11.8 Å². The van der Waals surface area contributed by atoms with E-state index in [9.17, 15) is 9.59 Å². The van der Waals surface area contributed by atoms with Crippen LogP contribution in [0.5, 0.6) is 0 Å². The van der Waals surface area contributed by atoms with Crippen molar-refractivity contribution in [2.24, 2.45) is 0 Å². The predicted molar refractivity (Wildman–Crippen MR) is 128 cm³/mol. The number of hydrogen-bond donors (Lipinski definition) is 2. The average molecular weight is 447 g/mol. The van der Waals surface area contributed by atoms with E-state index in [4.69, 9.17) is 11.6 Å². The first-order valence-electron chi connectivity index (χ1n) is 10.2. The van der Waals surface area contributed by atoms with Gasteiger partial charge in [-0.25, -0.2) is 4.98 Å². The van der Waals surface area contributed by atoms with Crippen molar-refractivity contribution in [1.82, 2.24) is 14.7 Å². The first kappa shape index (κ1) is 21.6. The Morgan fingerprint density at radius 3 is 2.53 bits per heavy atom. The molecule has 0 saturated carbocycles. The molecule has 0 aliphatic carbocycles. The van der Waals surface area contributed by atoms with Crippen molar-refractivity contribution >= 4 is 34.6 Å². The number of fused-ring (bicyclic) bond motifs is 1. The van der Waals surface area contributed by atoms with Crippen LogP contribution in [0.3, 0.4) is 0 Å². The number of carbonyl (C=O) groups is 2. The van der Waals surface area contributed by atoms with Crippen molar-refractivity contribution in [3.8, 4) is 11.3 Å². The second kappa shape index (κ2) is 8.48. The van der Waals surface area contributed by atoms with Crippen LogP contribution in [-0.2, 0) is 0 Å². The first-order chi connectivity index (χ1) is 15.3. The minimum Gasteiger partial charge on any atom is -0.355 e. The van der Waals surface area contributed by atoms with E-state index < -0.39 is 5.91 Å². The molecule has 6 nitrogen and oxygen atoms in total. The van der Waals surface area contributed by atoms with Crippen LogP contribution < -0.4 is 10.6 Å². The highest BCUT2D eigenvalue weighted by Crippen LogP contribution is 2.31. The molecular formula is C25H23ClN4O2. The molecule has 162 valence electrons. The molecule has 2 heterocycles. The molecule has 0 atom stereocenters. The molecule has 32 heavy (non-hydrogen) atoms. The predicted octanol–water partition coefficient (Wildman–Crippen LogP) is 5.19. The van der Waals surface area contributed by atoms with E-state index in [1.165, 1.54) is 13.1 Å². The van der Waals surface area contributed by atoms with Crippen molar-refractivity contribution in [3.05, 3.63) is 87.8 Å². The fourth-order valence-corrected chi connectivity index (χ4v) is 4.11. The number of carbonyl (C=O) groups excluding carboxylic acids is 2. The van der Waals surface area contributed by atoms with Gasteiger partial charge in [-0.05, 0) is 61.7 Å². The van der Waals surface area contributed by atoms with Crippen LogP contribution in [0.25, 0.3) is 16.8 Å². The Bertz CT molecular complexity index is 1370. The molecule has 2 aromatic heterocycles. The third-order valence-electron chi connectivity index (χ3n) is 5.66. The molecule has 0 bridgehead atoms. The molecule has 2 aromatic carbocycles. The summed E-state index contributed by atoms with van der Waals surface area (Å²) in [5.41, 5.74) is 6.32. The largest absolute Gasteiger partial charge is 0.355 e. The molecule has 2 amide bonds. The number of hydrogen-bond acceptors (Lipinski definition) is 3. The standard InChI is InChI=1S/C25H23ClN4O2/c1-14-7-5-9-19(16(14)3)23-22(28-13-18-8-6-10-30(18)23)25(32)29-21-15(2)11-17(26)12-20(21)24(31)27-4/h5-13H,1-4H3,(H,27,31)(H,29,32). The van der Waals surface area contributed by atoms with Gasteiger partial charge in [0.15, 0.2) is 5.69 Å². The van der Waals surface area contributed by atoms with Crippen LogP contribution in [0.15, 0.2) is 54.9 Å².